The summed E-state index contributed by atoms with van der Waals surface area (Å²) in [6.45, 7) is 0. The molecule has 0 bridgehead atoms. The van der Waals surface area contributed by atoms with Gasteiger partial charge < -0.3 is 19.8 Å². The summed E-state index contributed by atoms with van der Waals surface area (Å²) in [7, 11) is 0.177. The summed E-state index contributed by atoms with van der Waals surface area (Å²) < 4.78 is 34.3. The van der Waals surface area contributed by atoms with Gasteiger partial charge in [-0.05, 0) is 41.8 Å². The molecule has 7 nitrogen and oxygen atoms in total. The van der Waals surface area contributed by atoms with Crippen molar-refractivity contribution in [3.05, 3.63) is 59.8 Å². The number of H-pyrrole nitrogens is 1. The van der Waals surface area contributed by atoms with Crippen molar-refractivity contribution in [2.45, 2.75) is 24.8 Å². The molecule has 164 valence electrons. The highest BCUT2D eigenvalue weighted by molar-refractivity contribution is 7.91. The summed E-state index contributed by atoms with van der Waals surface area (Å²) in [6.07, 6.45) is 2.56. The van der Waals surface area contributed by atoms with Gasteiger partial charge in [0.25, 0.3) is 0 Å². The van der Waals surface area contributed by atoms with Crippen LogP contribution in [0.5, 0.6) is 11.5 Å². The molecule has 0 unspecified atom stereocenters. The van der Waals surface area contributed by atoms with Crippen molar-refractivity contribution in [1.29, 1.82) is 0 Å². The summed E-state index contributed by atoms with van der Waals surface area (Å²) in [5.74, 6) is 1.18. The van der Waals surface area contributed by atoms with Crippen LogP contribution in [0, 0.1) is 0 Å². The van der Waals surface area contributed by atoms with Crippen LogP contribution in [0.4, 0.5) is 0 Å². The van der Waals surface area contributed by atoms with Crippen molar-refractivity contribution in [3.8, 4) is 11.5 Å². The minimum atomic E-state index is -3.06. The van der Waals surface area contributed by atoms with Gasteiger partial charge in [0.15, 0.2) is 9.84 Å². The van der Waals surface area contributed by atoms with Crippen molar-refractivity contribution in [1.82, 2.24) is 10.3 Å². The van der Waals surface area contributed by atoms with Crippen molar-refractivity contribution in [3.63, 3.8) is 0 Å². The summed E-state index contributed by atoms with van der Waals surface area (Å²) in [5.41, 5.74) is 2.84. The smallest absolute Gasteiger partial charge is 0.221 e. The highest BCUT2D eigenvalue weighted by Crippen LogP contribution is 2.38. The van der Waals surface area contributed by atoms with Crippen LogP contribution in [0.25, 0.3) is 10.9 Å². The molecule has 1 fully saturated rings. The lowest BCUT2D eigenvalue weighted by atomic mass is 9.87. The highest BCUT2D eigenvalue weighted by atomic mass is 32.2. The zero-order valence-corrected chi connectivity index (χ0v) is 18.4. The van der Waals surface area contributed by atoms with Crippen LogP contribution in [0.2, 0.25) is 0 Å². The maximum atomic E-state index is 12.9. The number of sulfone groups is 1. The van der Waals surface area contributed by atoms with E-state index in [1.807, 2.05) is 48.7 Å². The number of aromatic amines is 1. The first-order chi connectivity index (χ1) is 14.9. The first-order valence-electron chi connectivity index (χ1n) is 10.2. The van der Waals surface area contributed by atoms with Gasteiger partial charge in [0, 0.05) is 35.5 Å². The number of carbonyl (C=O) groups excluding carboxylic acids is 1. The van der Waals surface area contributed by atoms with E-state index in [1.54, 1.807) is 14.2 Å². The van der Waals surface area contributed by atoms with E-state index in [2.05, 4.69) is 10.3 Å². The van der Waals surface area contributed by atoms with Crippen LogP contribution < -0.4 is 14.8 Å². The Kier molecular flexibility index (Phi) is 5.91. The second kappa shape index (κ2) is 8.63. The molecule has 2 heterocycles. The van der Waals surface area contributed by atoms with E-state index in [9.17, 15) is 13.2 Å². The number of hydrogen-bond acceptors (Lipinski definition) is 5. The minimum Gasteiger partial charge on any atom is -0.497 e. The van der Waals surface area contributed by atoms with Gasteiger partial charge in [-0.25, -0.2) is 8.42 Å². The molecule has 4 rings (SSSR count). The summed E-state index contributed by atoms with van der Waals surface area (Å²) in [6, 6.07) is 13.1. The molecule has 2 atom stereocenters. The van der Waals surface area contributed by atoms with Crippen LogP contribution >= 0.6 is 0 Å². The fourth-order valence-corrected chi connectivity index (χ4v) is 5.92. The largest absolute Gasteiger partial charge is 0.497 e. The minimum absolute atomic E-state index is 0.00680. The molecule has 0 saturated carbocycles. The van der Waals surface area contributed by atoms with Crippen molar-refractivity contribution >= 4 is 26.6 Å². The van der Waals surface area contributed by atoms with Gasteiger partial charge >= 0.3 is 0 Å². The first-order valence-corrected chi connectivity index (χ1v) is 12.0. The molecule has 0 spiro atoms. The number of benzene rings is 2. The highest BCUT2D eigenvalue weighted by Gasteiger charge is 2.30. The normalized spacial score (nSPS) is 18.6. The van der Waals surface area contributed by atoms with E-state index >= 15 is 0 Å². The Morgan fingerprint density at radius 1 is 1.16 bits per heavy atom. The average molecular weight is 443 g/mol. The predicted molar refractivity (Wildman–Crippen MR) is 120 cm³/mol. The second-order valence-corrected chi connectivity index (χ2v) is 10.1. The standard InChI is InChI=1S/C23H26N2O5S/c1-29-17-8-6-15(7-9-17)18(12-22(26)25-16-10-11-31(27,28)14-16)19-13-24-20-4-3-5-21(30-2)23(19)20/h3-9,13,16,18,24H,10-12,14H2,1-2H3,(H,25,26)/t16-,18+/m1/s1. The van der Waals surface area contributed by atoms with Crippen LogP contribution in [0.1, 0.15) is 29.9 Å². The zero-order valence-electron chi connectivity index (χ0n) is 17.6. The molecule has 2 N–H and O–H groups in total. The van der Waals surface area contributed by atoms with E-state index in [0.29, 0.717) is 6.42 Å². The van der Waals surface area contributed by atoms with E-state index in [4.69, 9.17) is 9.47 Å². The average Bonchev–Trinajstić information content (AvgIpc) is 3.34. The number of nitrogens with one attached hydrogen (secondary N) is 2. The number of methoxy groups -OCH3 is 2. The van der Waals surface area contributed by atoms with Gasteiger partial charge in [-0.15, -0.1) is 0 Å². The van der Waals surface area contributed by atoms with Gasteiger partial charge in [0.05, 0.1) is 25.7 Å². The third kappa shape index (κ3) is 4.54. The molecule has 31 heavy (non-hydrogen) atoms. The summed E-state index contributed by atoms with van der Waals surface area (Å²) in [5, 5.41) is 3.84. The molecular weight excluding hydrogens is 416 g/mol. The van der Waals surface area contributed by atoms with Gasteiger partial charge in [-0.1, -0.05) is 18.2 Å². The number of aromatic nitrogens is 1. The Hall–Kier alpha value is -3.00. The maximum absolute atomic E-state index is 12.9. The Labute approximate surface area is 181 Å². The fraction of sp³-hybridized carbons (Fsp3) is 0.348. The van der Waals surface area contributed by atoms with Crippen molar-refractivity contribution < 1.29 is 22.7 Å². The number of ether oxygens (including phenoxy) is 2. The SMILES string of the molecule is COc1ccc([C@H](CC(=O)N[C@@H]2CCS(=O)(=O)C2)c2c[nH]c3cccc(OC)c23)cc1. The zero-order chi connectivity index (χ0) is 22.0. The van der Waals surface area contributed by atoms with E-state index in [-0.39, 0.29) is 35.8 Å². The maximum Gasteiger partial charge on any atom is 0.221 e. The van der Waals surface area contributed by atoms with Crippen LogP contribution in [0.15, 0.2) is 48.7 Å². The molecule has 1 aromatic heterocycles. The number of amides is 1. The van der Waals surface area contributed by atoms with Crippen molar-refractivity contribution in [2.24, 2.45) is 0 Å². The molecule has 0 radical (unpaired) electrons. The van der Waals surface area contributed by atoms with Crippen molar-refractivity contribution in [2.75, 3.05) is 25.7 Å². The molecule has 2 aromatic carbocycles. The lowest BCUT2D eigenvalue weighted by molar-refractivity contribution is -0.121. The molecule has 1 aliphatic heterocycles. The second-order valence-electron chi connectivity index (χ2n) is 7.82. The third-order valence-corrected chi connectivity index (χ3v) is 7.57. The number of fused-ring (bicyclic) bond motifs is 1. The quantitative estimate of drug-likeness (QED) is 0.586. The lowest BCUT2D eigenvalue weighted by Crippen LogP contribution is -2.36. The van der Waals surface area contributed by atoms with Gasteiger partial charge in [0.1, 0.15) is 11.5 Å². The summed E-state index contributed by atoms with van der Waals surface area (Å²) >= 11 is 0. The lowest BCUT2D eigenvalue weighted by Gasteiger charge is -2.19. The Morgan fingerprint density at radius 2 is 1.94 bits per heavy atom. The molecule has 8 heteroatoms. The van der Waals surface area contributed by atoms with Gasteiger partial charge in [-0.2, -0.15) is 0 Å². The Bertz CT molecular complexity index is 1180. The number of carbonyl (C=O) groups is 1. The van der Waals surface area contributed by atoms with Crippen LogP contribution in [-0.2, 0) is 14.6 Å². The number of rotatable bonds is 7. The van der Waals surface area contributed by atoms with E-state index in [0.717, 1.165) is 33.5 Å². The van der Waals surface area contributed by atoms with Gasteiger partial charge in [0.2, 0.25) is 5.91 Å². The molecule has 1 saturated heterocycles. The third-order valence-electron chi connectivity index (χ3n) is 5.80. The summed E-state index contributed by atoms with van der Waals surface area (Å²) in [4.78, 5) is 16.2. The Balaban J connectivity index is 1.68. The molecule has 3 aromatic rings. The molecule has 0 aliphatic carbocycles. The van der Waals surface area contributed by atoms with E-state index in [1.165, 1.54) is 0 Å². The monoisotopic (exact) mass is 442 g/mol. The molecule has 1 amide bonds. The first kappa shape index (κ1) is 21.2. The van der Waals surface area contributed by atoms with Gasteiger partial charge in [-0.3, -0.25) is 4.79 Å². The molecular formula is C23H26N2O5S. The van der Waals surface area contributed by atoms with Crippen LogP contribution in [0.3, 0.4) is 0 Å². The fourth-order valence-electron chi connectivity index (χ4n) is 4.25. The van der Waals surface area contributed by atoms with Crippen LogP contribution in [-0.4, -0.2) is 51.1 Å². The topological polar surface area (TPSA) is 97.5 Å². The Morgan fingerprint density at radius 3 is 2.58 bits per heavy atom. The predicted octanol–water partition coefficient (Wildman–Crippen LogP) is 3.01. The molecule has 1 aliphatic rings. The van der Waals surface area contributed by atoms with E-state index < -0.39 is 9.84 Å². The number of hydrogen-bond donors (Lipinski definition) is 2.